The fraction of sp³-hybridized carbons (Fsp3) is 0.0968. The molecule has 6 nitrogen and oxygen atoms in total. The molecule has 0 spiro atoms. The Labute approximate surface area is 214 Å². The molecule has 184 valence electrons. The van der Waals surface area contributed by atoms with Crippen LogP contribution in [0, 0.1) is 0 Å². The predicted octanol–water partition coefficient (Wildman–Crippen LogP) is 6.83. The van der Waals surface area contributed by atoms with Crippen LogP contribution in [0.1, 0.15) is 12.5 Å². The van der Waals surface area contributed by atoms with Crippen molar-refractivity contribution in [1.29, 1.82) is 0 Å². The molecule has 1 heterocycles. The highest BCUT2D eigenvalue weighted by Gasteiger charge is 2.15. The van der Waals surface area contributed by atoms with E-state index in [4.69, 9.17) is 13.9 Å². The summed E-state index contributed by atoms with van der Waals surface area (Å²) < 4.78 is 17.3. The van der Waals surface area contributed by atoms with Gasteiger partial charge in [-0.15, -0.1) is 0 Å². The highest BCUT2D eigenvalue weighted by atomic mass is 16.5. The second-order valence-corrected chi connectivity index (χ2v) is 8.40. The first-order chi connectivity index (χ1) is 18.1. The molecule has 1 aromatic heterocycles. The average molecular weight is 492 g/mol. The molecule has 0 aliphatic heterocycles. The first-order valence-electron chi connectivity index (χ1n) is 12.0. The summed E-state index contributed by atoms with van der Waals surface area (Å²) in [4.78, 5) is 25.1. The third-order valence-electron chi connectivity index (χ3n) is 5.88. The Morgan fingerprint density at radius 1 is 0.838 bits per heavy atom. The van der Waals surface area contributed by atoms with Gasteiger partial charge < -0.3 is 19.2 Å². The molecule has 0 radical (unpaired) electrons. The van der Waals surface area contributed by atoms with E-state index in [9.17, 15) is 9.59 Å². The summed E-state index contributed by atoms with van der Waals surface area (Å²) in [6.07, 6.45) is 0.675. The van der Waals surface area contributed by atoms with E-state index in [1.807, 2.05) is 85.8 Å². The van der Waals surface area contributed by atoms with Crippen LogP contribution in [0.25, 0.3) is 22.1 Å². The van der Waals surface area contributed by atoms with Gasteiger partial charge >= 0.3 is 5.63 Å². The van der Waals surface area contributed by atoms with Crippen LogP contribution in [0.3, 0.4) is 0 Å². The van der Waals surface area contributed by atoms with Crippen LogP contribution >= 0.6 is 0 Å². The lowest BCUT2D eigenvalue weighted by atomic mass is 9.99. The number of hydrogen-bond acceptors (Lipinski definition) is 5. The summed E-state index contributed by atoms with van der Waals surface area (Å²) in [6.45, 7) is 1.79. The van der Waals surface area contributed by atoms with Crippen molar-refractivity contribution in [2.75, 3.05) is 11.9 Å². The Hall–Kier alpha value is -4.84. The van der Waals surface area contributed by atoms with Crippen LogP contribution in [0.15, 0.2) is 112 Å². The maximum atomic E-state index is 12.8. The molecule has 0 bridgehead atoms. The van der Waals surface area contributed by atoms with Crippen molar-refractivity contribution in [3.05, 3.63) is 119 Å². The molecule has 37 heavy (non-hydrogen) atoms. The molecule has 0 fully saturated rings. The standard InChI is InChI=1S/C31H25NO5/c1-2-21-17-25-24(22-11-5-3-6-12-22)18-31(34)37-29(25)19-28(21)35-20-30(33)32-26-15-9-10-16-27(26)36-23-13-7-4-8-14-23/h3-19H,2,20H2,1H3,(H,32,33). The molecule has 0 aliphatic carbocycles. The van der Waals surface area contributed by atoms with Gasteiger partial charge in [0, 0.05) is 17.5 Å². The number of carbonyl (C=O) groups excluding carboxylic acids is 1. The second kappa shape index (κ2) is 10.8. The number of amides is 1. The number of ether oxygens (including phenoxy) is 2. The van der Waals surface area contributed by atoms with Crippen molar-refractivity contribution >= 4 is 22.6 Å². The van der Waals surface area contributed by atoms with E-state index >= 15 is 0 Å². The highest BCUT2D eigenvalue weighted by Crippen LogP contribution is 2.33. The largest absolute Gasteiger partial charge is 0.483 e. The molecule has 0 atom stereocenters. The molecule has 0 saturated heterocycles. The van der Waals surface area contributed by atoms with Crippen LogP contribution < -0.4 is 20.4 Å². The normalized spacial score (nSPS) is 10.7. The van der Waals surface area contributed by atoms with Gasteiger partial charge in [0.05, 0.1) is 5.69 Å². The maximum absolute atomic E-state index is 12.8. The smallest absolute Gasteiger partial charge is 0.336 e. The monoisotopic (exact) mass is 491 g/mol. The van der Waals surface area contributed by atoms with Gasteiger partial charge in [0.2, 0.25) is 0 Å². The lowest BCUT2D eigenvalue weighted by molar-refractivity contribution is -0.118. The molecule has 5 rings (SSSR count). The SMILES string of the molecule is CCc1cc2c(-c3ccccc3)cc(=O)oc2cc1OCC(=O)Nc1ccccc1Oc1ccccc1. The molecule has 0 unspecified atom stereocenters. The van der Waals surface area contributed by atoms with Gasteiger partial charge in [-0.3, -0.25) is 4.79 Å². The Morgan fingerprint density at radius 3 is 2.30 bits per heavy atom. The van der Waals surface area contributed by atoms with Crippen LogP contribution in [0.4, 0.5) is 5.69 Å². The zero-order valence-electron chi connectivity index (χ0n) is 20.3. The van der Waals surface area contributed by atoms with Crippen molar-refractivity contribution in [2.45, 2.75) is 13.3 Å². The summed E-state index contributed by atoms with van der Waals surface area (Å²) in [5.74, 6) is 1.34. The lowest BCUT2D eigenvalue weighted by Crippen LogP contribution is -2.20. The van der Waals surface area contributed by atoms with Gasteiger partial charge in [-0.05, 0) is 53.4 Å². The number of aryl methyl sites for hydroxylation is 1. The van der Waals surface area contributed by atoms with Crippen LogP contribution in [0.5, 0.6) is 17.2 Å². The number of benzene rings is 4. The highest BCUT2D eigenvalue weighted by molar-refractivity contribution is 5.95. The van der Waals surface area contributed by atoms with Crippen LogP contribution in [0.2, 0.25) is 0 Å². The maximum Gasteiger partial charge on any atom is 0.336 e. The molecule has 6 heteroatoms. The minimum Gasteiger partial charge on any atom is -0.483 e. The van der Waals surface area contributed by atoms with Gasteiger partial charge in [-0.25, -0.2) is 4.79 Å². The first-order valence-corrected chi connectivity index (χ1v) is 12.0. The summed E-state index contributed by atoms with van der Waals surface area (Å²) in [6, 6.07) is 31.4. The minimum absolute atomic E-state index is 0.221. The fourth-order valence-electron chi connectivity index (χ4n) is 4.11. The van der Waals surface area contributed by atoms with E-state index in [2.05, 4.69) is 5.32 Å². The third kappa shape index (κ3) is 5.54. The number of para-hydroxylation sites is 3. The predicted molar refractivity (Wildman–Crippen MR) is 144 cm³/mol. The summed E-state index contributed by atoms with van der Waals surface area (Å²) in [7, 11) is 0. The lowest BCUT2D eigenvalue weighted by Gasteiger charge is -2.15. The van der Waals surface area contributed by atoms with E-state index in [0.29, 0.717) is 34.9 Å². The Balaban J connectivity index is 1.36. The number of nitrogens with one attached hydrogen (secondary N) is 1. The number of anilines is 1. The van der Waals surface area contributed by atoms with Gasteiger partial charge in [0.25, 0.3) is 5.91 Å². The zero-order chi connectivity index (χ0) is 25.6. The van der Waals surface area contributed by atoms with Crippen molar-refractivity contribution in [2.24, 2.45) is 0 Å². The number of fused-ring (bicyclic) bond motifs is 1. The van der Waals surface area contributed by atoms with Crippen molar-refractivity contribution in [3.63, 3.8) is 0 Å². The van der Waals surface area contributed by atoms with Crippen molar-refractivity contribution in [3.8, 4) is 28.4 Å². The number of rotatable bonds is 8. The zero-order valence-corrected chi connectivity index (χ0v) is 20.3. The first kappa shape index (κ1) is 23.9. The Bertz CT molecular complexity index is 1590. The number of hydrogen-bond donors (Lipinski definition) is 1. The van der Waals surface area contributed by atoms with Gasteiger partial charge in [0.1, 0.15) is 17.1 Å². The van der Waals surface area contributed by atoms with Gasteiger partial charge in [-0.1, -0.05) is 67.6 Å². The van der Waals surface area contributed by atoms with Crippen LogP contribution in [-0.2, 0) is 11.2 Å². The minimum atomic E-state index is -0.450. The van der Waals surface area contributed by atoms with E-state index < -0.39 is 5.63 Å². The summed E-state index contributed by atoms with van der Waals surface area (Å²) in [5, 5.41) is 3.66. The Morgan fingerprint density at radius 2 is 1.54 bits per heavy atom. The molecular weight excluding hydrogens is 466 g/mol. The summed E-state index contributed by atoms with van der Waals surface area (Å²) >= 11 is 0. The third-order valence-corrected chi connectivity index (χ3v) is 5.88. The Kier molecular flexibility index (Phi) is 6.99. The van der Waals surface area contributed by atoms with Gasteiger partial charge in [-0.2, -0.15) is 0 Å². The second-order valence-electron chi connectivity index (χ2n) is 8.40. The van der Waals surface area contributed by atoms with E-state index in [1.165, 1.54) is 6.07 Å². The topological polar surface area (TPSA) is 77.8 Å². The molecular formula is C31H25NO5. The molecule has 1 amide bonds. The molecule has 1 N–H and O–H groups in total. The molecule has 0 saturated carbocycles. The average Bonchev–Trinajstić information content (AvgIpc) is 2.93. The molecule has 0 aliphatic rings. The van der Waals surface area contributed by atoms with Gasteiger partial charge in [0.15, 0.2) is 12.4 Å². The van der Waals surface area contributed by atoms with E-state index in [1.54, 1.807) is 18.2 Å². The fourth-order valence-corrected chi connectivity index (χ4v) is 4.11. The molecule has 4 aromatic carbocycles. The van der Waals surface area contributed by atoms with E-state index in [-0.39, 0.29) is 12.5 Å². The van der Waals surface area contributed by atoms with Crippen molar-refractivity contribution < 1.29 is 18.7 Å². The van der Waals surface area contributed by atoms with E-state index in [0.717, 1.165) is 22.1 Å². The van der Waals surface area contributed by atoms with Crippen molar-refractivity contribution in [1.82, 2.24) is 0 Å². The van der Waals surface area contributed by atoms with Crippen LogP contribution in [-0.4, -0.2) is 12.5 Å². The number of carbonyl (C=O) groups is 1. The molecule has 5 aromatic rings. The summed E-state index contributed by atoms with van der Waals surface area (Å²) in [5.41, 5.74) is 3.11. The quantitative estimate of drug-likeness (QED) is 0.241.